The molecule has 6 heteroatoms. The van der Waals surface area contributed by atoms with Gasteiger partial charge in [-0.25, -0.2) is 0 Å². The predicted octanol–water partition coefficient (Wildman–Crippen LogP) is 3.92. The fourth-order valence-corrected chi connectivity index (χ4v) is 4.54. The largest absolute Gasteiger partial charge is 0.497 e. The molecule has 1 aliphatic rings. The number of esters is 1. The van der Waals surface area contributed by atoms with Crippen LogP contribution in [0.1, 0.15) is 49.2 Å². The number of methoxy groups -OCH3 is 1. The van der Waals surface area contributed by atoms with E-state index in [0.29, 0.717) is 13.0 Å². The van der Waals surface area contributed by atoms with Gasteiger partial charge >= 0.3 is 5.97 Å². The Labute approximate surface area is 180 Å². The second-order valence-electron chi connectivity index (χ2n) is 8.27. The van der Waals surface area contributed by atoms with Gasteiger partial charge in [0.15, 0.2) is 0 Å². The van der Waals surface area contributed by atoms with Crippen molar-refractivity contribution in [3.05, 3.63) is 46.8 Å². The summed E-state index contributed by atoms with van der Waals surface area (Å²) in [7, 11) is 1.67. The van der Waals surface area contributed by atoms with Gasteiger partial charge in [0.05, 0.1) is 24.8 Å². The van der Waals surface area contributed by atoms with Crippen LogP contribution in [0.2, 0.25) is 0 Å². The molecule has 30 heavy (non-hydrogen) atoms. The molecule has 2 aromatic rings. The van der Waals surface area contributed by atoms with Gasteiger partial charge in [-0.2, -0.15) is 5.10 Å². The molecule has 0 bridgehead atoms. The van der Waals surface area contributed by atoms with Gasteiger partial charge < -0.3 is 9.47 Å². The molecular weight excluding hydrogens is 378 g/mol. The summed E-state index contributed by atoms with van der Waals surface area (Å²) in [5, 5.41) is 4.65. The van der Waals surface area contributed by atoms with Crippen LogP contribution < -0.4 is 4.74 Å². The van der Waals surface area contributed by atoms with E-state index >= 15 is 0 Å². The third-order valence-electron chi connectivity index (χ3n) is 6.41. The summed E-state index contributed by atoms with van der Waals surface area (Å²) in [6, 6.07) is 8.02. The lowest BCUT2D eigenvalue weighted by atomic mass is 9.73. The Morgan fingerprint density at radius 3 is 2.53 bits per heavy atom. The van der Waals surface area contributed by atoms with Crippen LogP contribution in [0.25, 0.3) is 0 Å². The number of piperidine rings is 1. The van der Waals surface area contributed by atoms with Crippen LogP contribution >= 0.6 is 0 Å². The van der Waals surface area contributed by atoms with Crippen molar-refractivity contribution >= 4 is 5.97 Å². The van der Waals surface area contributed by atoms with E-state index in [2.05, 4.69) is 41.5 Å². The summed E-state index contributed by atoms with van der Waals surface area (Å²) >= 11 is 0. The maximum atomic E-state index is 13.0. The average Bonchev–Trinajstić information content (AvgIpc) is 3.03. The highest BCUT2D eigenvalue weighted by molar-refractivity contribution is 5.77. The van der Waals surface area contributed by atoms with Crippen molar-refractivity contribution in [1.29, 1.82) is 0 Å². The number of carbonyl (C=O) groups is 1. The van der Waals surface area contributed by atoms with Crippen molar-refractivity contribution in [1.82, 2.24) is 14.7 Å². The number of rotatable bonds is 8. The number of aromatic nitrogens is 2. The molecule has 1 saturated heterocycles. The van der Waals surface area contributed by atoms with E-state index in [1.165, 1.54) is 11.3 Å². The Bertz CT molecular complexity index is 867. The van der Waals surface area contributed by atoms with Crippen molar-refractivity contribution in [2.24, 2.45) is 5.41 Å². The number of hydrogen-bond acceptors (Lipinski definition) is 5. The number of benzene rings is 1. The van der Waals surface area contributed by atoms with Gasteiger partial charge in [0.2, 0.25) is 0 Å². The molecule has 0 N–H and O–H groups in total. The zero-order valence-corrected chi connectivity index (χ0v) is 19.0. The SMILES string of the molecule is CCOC(=O)C1(Cc2cccc(OC)c2)CCN(Cc2c(C)nn(CC)c2C)CC1. The van der Waals surface area contributed by atoms with Gasteiger partial charge in [-0.3, -0.25) is 14.4 Å². The minimum atomic E-state index is -0.476. The molecule has 6 nitrogen and oxygen atoms in total. The van der Waals surface area contributed by atoms with Crippen LogP contribution in [0.15, 0.2) is 24.3 Å². The standard InChI is InChI=1S/C24H35N3O3/c1-6-27-19(4)22(18(3)25-27)17-26-13-11-24(12-14-26,23(28)30-7-2)16-20-9-8-10-21(15-20)29-5/h8-10,15H,6-7,11-14,16-17H2,1-5H3. The summed E-state index contributed by atoms with van der Waals surface area (Å²) in [5.41, 5.74) is 4.30. The molecule has 0 atom stereocenters. The number of nitrogens with zero attached hydrogens (tertiary/aromatic N) is 3. The van der Waals surface area contributed by atoms with Gasteiger partial charge in [0.1, 0.15) is 5.75 Å². The topological polar surface area (TPSA) is 56.6 Å². The highest BCUT2D eigenvalue weighted by atomic mass is 16.5. The molecular formula is C24H35N3O3. The Morgan fingerprint density at radius 2 is 1.93 bits per heavy atom. The van der Waals surface area contributed by atoms with Crippen LogP contribution in [0.3, 0.4) is 0 Å². The normalized spacial score (nSPS) is 16.4. The van der Waals surface area contributed by atoms with E-state index in [-0.39, 0.29) is 5.97 Å². The van der Waals surface area contributed by atoms with Gasteiger partial charge in [-0.15, -0.1) is 0 Å². The number of hydrogen-bond donors (Lipinski definition) is 0. The lowest BCUT2D eigenvalue weighted by Gasteiger charge is -2.40. The van der Waals surface area contributed by atoms with Gasteiger partial charge in [-0.1, -0.05) is 12.1 Å². The molecule has 1 fully saturated rings. The summed E-state index contributed by atoms with van der Waals surface area (Å²) < 4.78 is 13.0. The molecule has 0 unspecified atom stereocenters. The first-order valence-corrected chi connectivity index (χ1v) is 11.0. The Morgan fingerprint density at radius 1 is 1.20 bits per heavy atom. The average molecular weight is 414 g/mol. The fourth-order valence-electron chi connectivity index (χ4n) is 4.54. The van der Waals surface area contributed by atoms with Crippen molar-refractivity contribution in [3.63, 3.8) is 0 Å². The Kier molecular flexibility index (Phi) is 7.19. The van der Waals surface area contributed by atoms with Crippen LogP contribution in [0, 0.1) is 19.3 Å². The molecule has 0 radical (unpaired) electrons. The molecule has 0 saturated carbocycles. The minimum Gasteiger partial charge on any atom is -0.497 e. The number of likely N-dealkylation sites (tertiary alicyclic amines) is 1. The first-order valence-electron chi connectivity index (χ1n) is 11.0. The smallest absolute Gasteiger partial charge is 0.312 e. The van der Waals surface area contributed by atoms with Gasteiger partial charge in [0, 0.05) is 24.3 Å². The third-order valence-corrected chi connectivity index (χ3v) is 6.41. The summed E-state index contributed by atoms with van der Waals surface area (Å²) in [6.45, 7) is 12.2. The van der Waals surface area contributed by atoms with E-state index in [0.717, 1.165) is 56.0 Å². The molecule has 0 amide bonds. The quantitative estimate of drug-likeness (QED) is 0.614. The maximum Gasteiger partial charge on any atom is 0.312 e. The first-order chi connectivity index (χ1) is 14.4. The molecule has 3 rings (SSSR count). The number of aryl methyl sites for hydroxylation is 2. The molecule has 1 aliphatic heterocycles. The fraction of sp³-hybridized carbons (Fsp3) is 0.583. The van der Waals surface area contributed by atoms with Crippen LogP contribution in [-0.4, -0.2) is 47.5 Å². The van der Waals surface area contributed by atoms with Crippen LogP contribution in [-0.2, 0) is 29.0 Å². The summed E-state index contributed by atoms with van der Waals surface area (Å²) in [6.07, 6.45) is 2.27. The van der Waals surface area contributed by atoms with Gasteiger partial charge in [0.25, 0.3) is 0 Å². The number of ether oxygens (including phenoxy) is 2. The molecule has 1 aromatic carbocycles. The summed E-state index contributed by atoms with van der Waals surface area (Å²) in [4.78, 5) is 15.5. The lowest BCUT2D eigenvalue weighted by Crippen LogP contribution is -2.46. The van der Waals surface area contributed by atoms with Crippen LogP contribution in [0.4, 0.5) is 0 Å². The summed E-state index contributed by atoms with van der Waals surface area (Å²) in [5.74, 6) is 0.751. The Balaban J connectivity index is 1.74. The van der Waals surface area contributed by atoms with E-state index < -0.39 is 5.41 Å². The second kappa shape index (κ2) is 9.65. The van der Waals surface area contributed by atoms with Crippen molar-refractivity contribution in [2.75, 3.05) is 26.8 Å². The first kappa shape index (κ1) is 22.3. The van der Waals surface area contributed by atoms with Gasteiger partial charge in [-0.05, 0) is 77.7 Å². The Hall–Kier alpha value is -2.34. The molecule has 0 aliphatic carbocycles. The highest BCUT2D eigenvalue weighted by Gasteiger charge is 2.43. The second-order valence-corrected chi connectivity index (χ2v) is 8.27. The molecule has 2 heterocycles. The van der Waals surface area contributed by atoms with Crippen molar-refractivity contribution in [2.45, 2.75) is 60.0 Å². The molecule has 164 valence electrons. The van der Waals surface area contributed by atoms with E-state index in [9.17, 15) is 4.79 Å². The molecule has 0 spiro atoms. The minimum absolute atomic E-state index is 0.0707. The van der Waals surface area contributed by atoms with E-state index in [1.54, 1.807) is 7.11 Å². The monoisotopic (exact) mass is 413 g/mol. The lowest BCUT2D eigenvalue weighted by molar-refractivity contribution is -0.158. The zero-order valence-electron chi connectivity index (χ0n) is 19.0. The predicted molar refractivity (Wildman–Crippen MR) is 118 cm³/mol. The maximum absolute atomic E-state index is 13.0. The highest BCUT2D eigenvalue weighted by Crippen LogP contribution is 2.38. The third kappa shape index (κ3) is 4.69. The van der Waals surface area contributed by atoms with Crippen molar-refractivity contribution < 1.29 is 14.3 Å². The van der Waals surface area contributed by atoms with E-state index in [1.807, 2.05) is 25.1 Å². The number of carbonyl (C=O) groups excluding carboxylic acids is 1. The van der Waals surface area contributed by atoms with E-state index in [4.69, 9.17) is 9.47 Å². The van der Waals surface area contributed by atoms with Crippen LogP contribution in [0.5, 0.6) is 5.75 Å². The van der Waals surface area contributed by atoms with Crippen molar-refractivity contribution in [3.8, 4) is 5.75 Å². The molecule has 1 aromatic heterocycles. The zero-order chi connectivity index (χ0) is 21.7.